The maximum absolute atomic E-state index is 11.7. The van der Waals surface area contributed by atoms with E-state index in [4.69, 9.17) is 9.47 Å². The molecule has 0 radical (unpaired) electrons. The van der Waals surface area contributed by atoms with Crippen molar-refractivity contribution in [2.24, 2.45) is 11.3 Å². The third-order valence-corrected chi connectivity index (χ3v) is 4.02. The molecular formula is C13H18O4. The van der Waals surface area contributed by atoms with Gasteiger partial charge in [-0.3, -0.25) is 4.79 Å². The summed E-state index contributed by atoms with van der Waals surface area (Å²) in [6.45, 7) is 7.64. The van der Waals surface area contributed by atoms with Crippen LogP contribution in [0.1, 0.15) is 33.1 Å². The van der Waals surface area contributed by atoms with Gasteiger partial charge in [-0.25, -0.2) is 4.79 Å². The van der Waals surface area contributed by atoms with Gasteiger partial charge < -0.3 is 9.47 Å². The molecule has 1 aliphatic carbocycles. The predicted octanol–water partition coefficient (Wildman–Crippen LogP) is 1.84. The minimum atomic E-state index is -0.365. The second-order valence-electron chi connectivity index (χ2n) is 5.23. The third kappa shape index (κ3) is 1.96. The van der Waals surface area contributed by atoms with Crippen molar-refractivity contribution in [3.8, 4) is 0 Å². The summed E-state index contributed by atoms with van der Waals surface area (Å²) >= 11 is 0. The van der Waals surface area contributed by atoms with E-state index in [-0.39, 0.29) is 29.4 Å². The maximum Gasteiger partial charge on any atom is 0.333 e. The molecule has 4 heteroatoms. The van der Waals surface area contributed by atoms with Crippen molar-refractivity contribution in [2.45, 2.75) is 39.2 Å². The molecule has 94 valence electrons. The Labute approximate surface area is 101 Å². The Bertz CT molecular complexity index is 374. The Hall–Kier alpha value is -1.32. The SMILES string of the molecule is C=C(C)C(=O)OC1CCC2C(=O)OCCC12C. The number of hydrogen-bond donors (Lipinski definition) is 0. The molecule has 17 heavy (non-hydrogen) atoms. The third-order valence-electron chi connectivity index (χ3n) is 4.02. The zero-order chi connectivity index (χ0) is 12.6. The number of ether oxygens (including phenoxy) is 2. The highest BCUT2D eigenvalue weighted by Gasteiger charge is 2.54. The fourth-order valence-electron chi connectivity index (χ4n) is 2.82. The molecule has 1 aliphatic heterocycles. The summed E-state index contributed by atoms with van der Waals surface area (Å²) < 4.78 is 10.5. The summed E-state index contributed by atoms with van der Waals surface area (Å²) in [7, 11) is 0. The first-order valence-electron chi connectivity index (χ1n) is 5.98. The molecule has 0 amide bonds. The van der Waals surface area contributed by atoms with Crippen LogP contribution in [0.15, 0.2) is 12.2 Å². The number of rotatable bonds is 2. The van der Waals surface area contributed by atoms with Crippen LogP contribution < -0.4 is 0 Å². The van der Waals surface area contributed by atoms with Crippen molar-refractivity contribution in [3.63, 3.8) is 0 Å². The highest BCUT2D eigenvalue weighted by molar-refractivity contribution is 5.87. The largest absolute Gasteiger partial charge is 0.465 e. The van der Waals surface area contributed by atoms with Gasteiger partial charge in [-0.05, 0) is 26.2 Å². The van der Waals surface area contributed by atoms with Crippen molar-refractivity contribution < 1.29 is 19.1 Å². The van der Waals surface area contributed by atoms with Gasteiger partial charge in [0.1, 0.15) is 6.10 Å². The molecule has 1 heterocycles. The van der Waals surface area contributed by atoms with E-state index in [1.807, 2.05) is 6.92 Å². The van der Waals surface area contributed by atoms with Gasteiger partial charge in [-0.2, -0.15) is 0 Å². The summed E-state index contributed by atoms with van der Waals surface area (Å²) in [5.41, 5.74) is 0.135. The molecular weight excluding hydrogens is 220 g/mol. The van der Waals surface area contributed by atoms with Gasteiger partial charge in [0.15, 0.2) is 0 Å². The second kappa shape index (κ2) is 4.17. The van der Waals surface area contributed by atoms with E-state index >= 15 is 0 Å². The highest BCUT2D eigenvalue weighted by atomic mass is 16.6. The number of hydrogen-bond acceptors (Lipinski definition) is 4. The molecule has 0 aromatic rings. The molecule has 0 spiro atoms. The normalized spacial score (nSPS) is 36.0. The number of fused-ring (bicyclic) bond motifs is 1. The van der Waals surface area contributed by atoms with Crippen LogP contribution in [0, 0.1) is 11.3 Å². The van der Waals surface area contributed by atoms with E-state index in [2.05, 4.69) is 6.58 Å². The molecule has 2 fully saturated rings. The van der Waals surface area contributed by atoms with Crippen molar-refractivity contribution >= 4 is 11.9 Å². The van der Waals surface area contributed by atoms with Crippen LogP contribution in [0.5, 0.6) is 0 Å². The Morgan fingerprint density at radius 1 is 1.53 bits per heavy atom. The Balaban J connectivity index is 2.13. The summed E-state index contributed by atoms with van der Waals surface area (Å²) in [5.74, 6) is -0.636. The van der Waals surface area contributed by atoms with Crippen LogP contribution in [0.25, 0.3) is 0 Å². The molecule has 0 bridgehead atoms. The van der Waals surface area contributed by atoms with E-state index in [0.29, 0.717) is 12.2 Å². The van der Waals surface area contributed by atoms with Crippen molar-refractivity contribution in [2.75, 3.05) is 6.61 Å². The van der Waals surface area contributed by atoms with Crippen LogP contribution in [-0.4, -0.2) is 24.6 Å². The number of esters is 2. The average molecular weight is 238 g/mol. The van der Waals surface area contributed by atoms with Crippen LogP contribution >= 0.6 is 0 Å². The first-order chi connectivity index (χ1) is 7.95. The van der Waals surface area contributed by atoms with Gasteiger partial charge in [0.25, 0.3) is 0 Å². The lowest BCUT2D eigenvalue weighted by atomic mass is 9.74. The second-order valence-corrected chi connectivity index (χ2v) is 5.23. The topological polar surface area (TPSA) is 52.6 Å². The summed E-state index contributed by atoms with van der Waals surface area (Å²) in [6.07, 6.45) is 2.04. The zero-order valence-corrected chi connectivity index (χ0v) is 10.3. The molecule has 4 nitrogen and oxygen atoms in total. The minimum Gasteiger partial charge on any atom is -0.465 e. The quantitative estimate of drug-likeness (QED) is 0.544. The lowest BCUT2D eigenvalue weighted by Crippen LogP contribution is -2.44. The summed E-state index contributed by atoms with van der Waals surface area (Å²) in [6, 6.07) is 0. The molecule has 1 saturated carbocycles. The molecule has 2 aliphatic rings. The Morgan fingerprint density at radius 2 is 2.24 bits per heavy atom. The molecule has 0 N–H and O–H groups in total. The van der Waals surface area contributed by atoms with Crippen molar-refractivity contribution in [1.82, 2.24) is 0 Å². The maximum atomic E-state index is 11.7. The van der Waals surface area contributed by atoms with E-state index in [1.165, 1.54) is 0 Å². The molecule has 0 aromatic heterocycles. The van der Waals surface area contributed by atoms with Gasteiger partial charge in [0.2, 0.25) is 0 Å². The fraction of sp³-hybridized carbons (Fsp3) is 0.692. The van der Waals surface area contributed by atoms with Crippen LogP contribution in [0.4, 0.5) is 0 Å². The summed E-state index contributed by atoms with van der Waals surface area (Å²) in [4.78, 5) is 23.2. The summed E-state index contributed by atoms with van der Waals surface area (Å²) in [5, 5.41) is 0. The monoisotopic (exact) mass is 238 g/mol. The lowest BCUT2D eigenvalue weighted by Gasteiger charge is -2.38. The first-order valence-corrected chi connectivity index (χ1v) is 5.98. The van der Waals surface area contributed by atoms with Gasteiger partial charge in [0.05, 0.1) is 12.5 Å². The average Bonchev–Trinajstić information content (AvgIpc) is 2.57. The minimum absolute atomic E-state index is 0.126. The van der Waals surface area contributed by atoms with Gasteiger partial charge >= 0.3 is 11.9 Å². The van der Waals surface area contributed by atoms with Crippen LogP contribution in [-0.2, 0) is 19.1 Å². The number of cyclic esters (lactones) is 1. The fourth-order valence-corrected chi connectivity index (χ4v) is 2.82. The van der Waals surface area contributed by atoms with Gasteiger partial charge in [-0.15, -0.1) is 0 Å². The predicted molar refractivity (Wildman–Crippen MR) is 61.1 cm³/mol. The number of carbonyl (C=O) groups is 2. The van der Waals surface area contributed by atoms with Crippen molar-refractivity contribution in [1.29, 1.82) is 0 Å². The van der Waals surface area contributed by atoms with E-state index in [9.17, 15) is 9.59 Å². The van der Waals surface area contributed by atoms with E-state index in [1.54, 1.807) is 6.92 Å². The molecule has 2 rings (SSSR count). The lowest BCUT2D eigenvalue weighted by molar-refractivity contribution is -0.170. The van der Waals surface area contributed by atoms with E-state index < -0.39 is 0 Å². The molecule has 0 aromatic carbocycles. The molecule has 1 saturated heterocycles. The Kier molecular flexibility index (Phi) is 2.98. The molecule has 3 atom stereocenters. The highest BCUT2D eigenvalue weighted by Crippen LogP contribution is 2.50. The standard InChI is InChI=1S/C13H18O4/c1-8(2)11(14)17-10-5-4-9-12(15)16-7-6-13(9,10)3/h9-10H,1,4-7H2,2-3H3. The van der Waals surface area contributed by atoms with Crippen molar-refractivity contribution in [3.05, 3.63) is 12.2 Å². The smallest absolute Gasteiger partial charge is 0.333 e. The molecule has 3 unspecified atom stereocenters. The van der Waals surface area contributed by atoms with E-state index in [0.717, 1.165) is 19.3 Å². The van der Waals surface area contributed by atoms with Crippen LogP contribution in [0.2, 0.25) is 0 Å². The Morgan fingerprint density at radius 3 is 2.88 bits per heavy atom. The zero-order valence-electron chi connectivity index (χ0n) is 10.3. The van der Waals surface area contributed by atoms with Crippen LogP contribution in [0.3, 0.4) is 0 Å². The van der Waals surface area contributed by atoms with Gasteiger partial charge in [0, 0.05) is 11.0 Å². The van der Waals surface area contributed by atoms with Gasteiger partial charge in [-0.1, -0.05) is 13.5 Å². The first kappa shape index (κ1) is 12.1. The number of carbonyl (C=O) groups excluding carboxylic acids is 2.